The molecule has 0 aliphatic heterocycles. The number of nitrogens with two attached hydrogens (primary N) is 1. The predicted molar refractivity (Wildman–Crippen MR) is 62.7 cm³/mol. The molecular formula is C10H21N5. The normalized spacial score (nSPS) is 10.9. The SMILES string of the molecule is CCCCn1nc(NCC(C)C)nc1N. The fourth-order valence-electron chi connectivity index (χ4n) is 1.20. The van der Waals surface area contributed by atoms with E-state index in [2.05, 4.69) is 36.2 Å². The molecule has 0 bridgehead atoms. The van der Waals surface area contributed by atoms with Gasteiger partial charge in [0.15, 0.2) is 0 Å². The van der Waals surface area contributed by atoms with Crippen molar-refractivity contribution in [3.05, 3.63) is 0 Å². The summed E-state index contributed by atoms with van der Waals surface area (Å²) in [5, 5.41) is 7.45. The summed E-state index contributed by atoms with van der Waals surface area (Å²) < 4.78 is 1.76. The summed E-state index contributed by atoms with van der Waals surface area (Å²) in [6.45, 7) is 8.15. The maximum Gasteiger partial charge on any atom is 0.243 e. The Bertz CT molecular complexity index is 292. The molecule has 0 aliphatic rings. The van der Waals surface area contributed by atoms with E-state index < -0.39 is 0 Å². The van der Waals surface area contributed by atoms with Crippen molar-refractivity contribution in [1.82, 2.24) is 14.8 Å². The van der Waals surface area contributed by atoms with Crippen LogP contribution in [0.5, 0.6) is 0 Å². The van der Waals surface area contributed by atoms with Gasteiger partial charge in [-0.05, 0) is 12.3 Å². The quantitative estimate of drug-likeness (QED) is 0.752. The van der Waals surface area contributed by atoms with Gasteiger partial charge >= 0.3 is 0 Å². The Morgan fingerprint density at radius 2 is 2.20 bits per heavy atom. The van der Waals surface area contributed by atoms with Gasteiger partial charge in [0.1, 0.15) is 0 Å². The molecule has 86 valence electrons. The minimum atomic E-state index is 0.495. The highest BCUT2D eigenvalue weighted by Crippen LogP contribution is 2.07. The summed E-state index contributed by atoms with van der Waals surface area (Å²) in [4.78, 5) is 4.15. The minimum Gasteiger partial charge on any atom is -0.368 e. The highest BCUT2D eigenvalue weighted by Gasteiger charge is 2.05. The molecule has 1 rings (SSSR count). The molecule has 1 aromatic heterocycles. The first-order valence-corrected chi connectivity index (χ1v) is 5.57. The molecule has 15 heavy (non-hydrogen) atoms. The van der Waals surface area contributed by atoms with Gasteiger partial charge in [-0.15, -0.1) is 5.10 Å². The number of rotatable bonds is 6. The van der Waals surface area contributed by atoms with Crippen LogP contribution in [0, 0.1) is 5.92 Å². The summed E-state index contributed by atoms with van der Waals surface area (Å²) in [5.74, 6) is 1.71. The third kappa shape index (κ3) is 3.77. The summed E-state index contributed by atoms with van der Waals surface area (Å²) in [6.07, 6.45) is 2.21. The first-order chi connectivity index (χ1) is 7.13. The highest BCUT2D eigenvalue weighted by molar-refractivity contribution is 5.31. The number of anilines is 2. The van der Waals surface area contributed by atoms with Crippen LogP contribution in [-0.2, 0) is 6.54 Å². The van der Waals surface area contributed by atoms with Crippen LogP contribution < -0.4 is 11.1 Å². The summed E-state index contributed by atoms with van der Waals surface area (Å²) in [6, 6.07) is 0. The van der Waals surface area contributed by atoms with Crippen molar-refractivity contribution in [3.8, 4) is 0 Å². The van der Waals surface area contributed by atoms with Gasteiger partial charge in [0.05, 0.1) is 0 Å². The van der Waals surface area contributed by atoms with E-state index in [1.165, 1.54) is 0 Å². The lowest BCUT2D eigenvalue weighted by Gasteiger charge is -2.03. The number of aromatic nitrogens is 3. The van der Waals surface area contributed by atoms with E-state index in [0.29, 0.717) is 17.8 Å². The van der Waals surface area contributed by atoms with Crippen LogP contribution >= 0.6 is 0 Å². The number of unbranched alkanes of at least 4 members (excludes halogenated alkanes) is 1. The van der Waals surface area contributed by atoms with Crippen molar-refractivity contribution in [1.29, 1.82) is 0 Å². The van der Waals surface area contributed by atoms with Gasteiger partial charge in [0, 0.05) is 13.1 Å². The van der Waals surface area contributed by atoms with E-state index in [1.807, 2.05) is 0 Å². The maximum absolute atomic E-state index is 5.74. The molecule has 0 aromatic carbocycles. The Labute approximate surface area is 91.1 Å². The zero-order chi connectivity index (χ0) is 11.3. The zero-order valence-corrected chi connectivity index (χ0v) is 9.82. The summed E-state index contributed by atoms with van der Waals surface area (Å²) >= 11 is 0. The Kier molecular flexibility index (Phi) is 4.39. The van der Waals surface area contributed by atoms with E-state index in [4.69, 9.17) is 5.73 Å². The topological polar surface area (TPSA) is 68.8 Å². The molecule has 0 atom stereocenters. The molecule has 0 saturated carbocycles. The molecule has 0 aliphatic carbocycles. The van der Waals surface area contributed by atoms with E-state index in [0.717, 1.165) is 25.9 Å². The minimum absolute atomic E-state index is 0.495. The van der Waals surface area contributed by atoms with Gasteiger partial charge in [0.25, 0.3) is 0 Å². The van der Waals surface area contributed by atoms with Crippen molar-refractivity contribution in [2.75, 3.05) is 17.6 Å². The molecule has 0 spiro atoms. The van der Waals surface area contributed by atoms with Gasteiger partial charge < -0.3 is 11.1 Å². The fourth-order valence-corrected chi connectivity index (χ4v) is 1.20. The standard InChI is InChI=1S/C10H21N5/c1-4-5-6-15-9(11)13-10(14-15)12-7-8(2)3/h8H,4-7H2,1-3H3,(H3,11,12,13,14). The third-order valence-corrected chi connectivity index (χ3v) is 2.09. The molecule has 0 saturated heterocycles. The van der Waals surface area contributed by atoms with Crippen LogP contribution in [0.3, 0.4) is 0 Å². The lowest BCUT2D eigenvalue weighted by atomic mass is 10.2. The van der Waals surface area contributed by atoms with E-state index in [-0.39, 0.29) is 0 Å². The third-order valence-electron chi connectivity index (χ3n) is 2.09. The van der Waals surface area contributed by atoms with Crippen molar-refractivity contribution < 1.29 is 0 Å². The van der Waals surface area contributed by atoms with Gasteiger partial charge in [-0.1, -0.05) is 27.2 Å². The van der Waals surface area contributed by atoms with Crippen molar-refractivity contribution in [3.63, 3.8) is 0 Å². The van der Waals surface area contributed by atoms with Crippen LogP contribution in [0.15, 0.2) is 0 Å². The highest BCUT2D eigenvalue weighted by atomic mass is 15.4. The Morgan fingerprint density at radius 1 is 1.47 bits per heavy atom. The number of hydrogen-bond acceptors (Lipinski definition) is 4. The molecule has 3 N–H and O–H groups in total. The Morgan fingerprint density at radius 3 is 2.80 bits per heavy atom. The van der Waals surface area contributed by atoms with Gasteiger partial charge in [-0.25, -0.2) is 4.68 Å². The van der Waals surface area contributed by atoms with Crippen LogP contribution in [-0.4, -0.2) is 21.3 Å². The smallest absolute Gasteiger partial charge is 0.243 e. The number of nitrogens with zero attached hydrogens (tertiary/aromatic N) is 3. The first-order valence-electron chi connectivity index (χ1n) is 5.57. The van der Waals surface area contributed by atoms with Gasteiger partial charge in [-0.2, -0.15) is 4.98 Å². The second-order valence-electron chi connectivity index (χ2n) is 4.15. The van der Waals surface area contributed by atoms with Crippen molar-refractivity contribution in [2.45, 2.75) is 40.2 Å². The number of hydrogen-bond donors (Lipinski definition) is 2. The Balaban J connectivity index is 2.52. The molecule has 5 heteroatoms. The molecule has 1 aromatic rings. The zero-order valence-electron chi connectivity index (χ0n) is 9.82. The first kappa shape index (κ1) is 11.8. The van der Waals surface area contributed by atoms with Crippen molar-refractivity contribution >= 4 is 11.9 Å². The van der Waals surface area contributed by atoms with E-state index in [9.17, 15) is 0 Å². The second kappa shape index (κ2) is 5.58. The molecule has 0 amide bonds. The van der Waals surface area contributed by atoms with Crippen LogP contribution in [0.2, 0.25) is 0 Å². The van der Waals surface area contributed by atoms with Crippen LogP contribution in [0.1, 0.15) is 33.6 Å². The molecule has 5 nitrogen and oxygen atoms in total. The summed E-state index contributed by atoms with van der Waals surface area (Å²) in [7, 11) is 0. The lowest BCUT2D eigenvalue weighted by Crippen LogP contribution is -2.09. The van der Waals surface area contributed by atoms with E-state index in [1.54, 1.807) is 4.68 Å². The number of nitrogen functional groups attached to an aromatic ring is 1. The largest absolute Gasteiger partial charge is 0.368 e. The maximum atomic E-state index is 5.74. The molecule has 0 fully saturated rings. The van der Waals surface area contributed by atoms with Crippen LogP contribution in [0.25, 0.3) is 0 Å². The number of aryl methyl sites for hydroxylation is 1. The average Bonchev–Trinajstić information content (AvgIpc) is 2.53. The molecular weight excluding hydrogens is 190 g/mol. The fraction of sp³-hybridized carbons (Fsp3) is 0.800. The van der Waals surface area contributed by atoms with Crippen LogP contribution in [0.4, 0.5) is 11.9 Å². The summed E-state index contributed by atoms with van der Waals surface area (Å²) in [5.41, 5.74) is 5.74. The lowest BCUT2D eigenvalue weighted by molar-refractivity contribution is 0.578. The molecule has 0 unspecified atom stereocenters. The van der Waals surface area contributed by atoms with Gasteiger partial charge in [-0.3, -0.25) is 0 Å². The molecule has 0 radical (unpaired) electrons. The molecule has 1 heterocycles. The number of nitrogens with one attached hydrogen (secondary N) is 1. The van der Waals surface area contributed by atoms with Gasteiger partial charge in [0.2, 0.25) is 11.9 Å². The average molecular weight is 211 g/mol. The Hall–Kier alpha value is -1.26. The monoisotopic (exact) mass is 211 g/mol. The predicted octanol–water partition coefficient (Wildman–Crippen LogP) is 1.73. The van der Waals surface area contributed by atoms with E-state index >= 15 is 0 Å². The second-order valence-corrected chi connectivity index (χ2v) is 4.15. The van der Waals surface area contributed by atoms with Crippen molar-refractivity contribution in [2.24, 2.45) is 5.92 Å².